The maximum atomic E-state index is 12.4. The highest BCUT2D eigenvalue weighted by molar-refractivity contribution is 5.83. The summed E-state index contributed by atoms with van der Waals surface area (Å²) < 4.78 is 14.9. The first-order chi connectivity index (χ1) is 10.6. The summed E-state index contributed by atoms with van der Waals surface area (Å²) in [5, 5.41) is 0. The van der Waals surface area contributed by atoms with E-state index in [9.17, 15) is 14.4 Å². The van der Waals surface area contributed by atoms with Gasteiger partial charge in [-0.3, -0.25) is 9.69 Å². The van der Waals surface area contributed by atoms with Gasteiger partial charge in [0.15, 0.2) is 0 Å². The lowest BCUT2D eigenvalue weighted by Crippen LogP contribution is -2.56. The second-order valence-electron chi connectivity index (χ2n) is 6.85. The van der Waals surface area contributed by atoms with Gasteiger partial charge in [-0.05, 0) is 33.1 Å². The topological polar surface area (TPSA) is 82.1 Å². The number of hydrogen-bond donors (Lipinski definition) is 0. The van der Waals surface area contributed by atoms with Gasteiger partial charge < -0.3 is 14.2 Å². The fourth-order valence-electron chi connectivity index (χ4n) is 2.77. The van der Waals surface area contributed by atoms with Crippen LogP contribution in [0.15, 0.2) is 0 Å². The zero-order valence-electron chi connectivity index (χ0n) is 14.8. The normalized spacial score (nSPS) is 24.8. The molecule has 1 rings (SSSR count). The van der Waals surface area contributed by atoms with E-state index in [1.807, 2.05) is 6.92 Å². The molecule has 0 unspecified atom stereocenters. The molecule has 0 aromatic carbocycles. The minimum atomic E-state index is -0.849. The van der Waals surface area contributed by atoms with Crippen molar-refractivity contribution in [2.75, 3.05) is 20.8 Å². The van der Waals surface area contributed by atoms with Crippen molar-refractivity contribution in [3.05, 3.63) is 0 Å². The van der Waals surface area contributed by atoms with Crippen LogP contribution in [0.1, 0.15) is 40.5 Å². The van der Waals surface area contributed by atoms with E-state index in [0.29, 0.717) is 13.0 Å². The molecule has 1 aliphatic heterocycles. The molecule has 1 amide bonds. The summed E-state index contributed by atoms with van der Waals surface area (Å²) in [5.41, 5.74) is -0.668. The Morgan fingerprint density at radius 2 is 1.74 bits per heavy atom. The lowest BCUT2D eigenvalue weighted by molar-refractivity contribution is -0.154. The summed E-state index contributed by atoms with van der Waals surface area (Å²) in [6.07, 6.45) is 0.153. The fraction of sp³-hybridized carbons (Fsp3) is 0.812. The molecule has 7 heteroatoms. The monoisotopic (exact) mass is 329 g/mol. The van der Waals surface area contributed by atoms with Crippen LogP contribution in [-0.2, 0) is 23.8 Å². The Bertz CT molecular complexity index is 456. The molecule has 0 aromatic rings. The number of carbonyl (C=O) groups excluding carboxylic acids is 3. The third-order valence-electron chi connectivity index (χ3n) is 4.00. The molecule has 0 aliphatic carbocycles. The zero-order valence-corrected chi connectivity index (χ0v) is 14.8. The first-order valence-corrected chi connectivity index (χ1v) is 7.75. The van der Waals surface area contributed by atoms with Crippen molar-refractivity contribution in [3.8, 4) is 0 Å². The summed E-state index contributed by atoms with van der Waals surface area (Å²) in [6, 6.07) is -0.849. The highest BCUT2D eigenvalue weighted by atomic mass is 16.6. The maximum absolute atomic E-state index is 12.4. The van der Waals surface area contributed by atoms with Crippen molar-refractivity contribution >= 4 is 18.0 Å². The first-order valence-electron chi connectivity index (χ1n) is 7.75. The third-order valence-corrected chi connectivity index (χ3v) is 4.00. The van der Waals surface area contributed by atoms with Gasteiger partial charge in [0.2, 0.25) is 0 Å². The zero-order chi connectivity index (χ0) is 17.8. The van der Waals surface area contributed by atoms with E-state index < -0.39 is 29.7 Å². The van der Waals surface area contributed by atoms with Gasteiger partial charge in [-0.2, -0.15) is 0 Å². The van der Waals surface area contributed by atoms with E-state index in [1.54, 1.807) is 20.8 Å². The Labute approximate surface area is 137 Å². The van der Waals surface area contributed by atoms with Crippen LogP contribution in [0.25, 0.3) is 0 Å². The molecule has 0 saturated carbocycles. The number of methoxy groups -OCH3 is 2. The van der Waals surface area contributed by atoms with Gasteiger partial charge in [0.25, 0.3) is 0 Å². The Morgan fingerprint density at radius 1 is 1.13 bits per heavy atom. The number of amides is 1. The largest absolute Gasteiger partial charge is 0.469 e. The lowest BCUT2D eigenvalue weighted by atomic mass is 9.78. The molecule has 1 aliphatic rings. The fourth-order valence-corrected chi connectivity index (χ4v) is 2.77. The SMILES string of the molecule is COC(=O)C[C@@H]1[C@@H](C(=O)OC)N(C(=O)OC(C)(C)C)CC[C@@H]1C. The highest BCUT2D eigenvalue weighted by Gasteiger charge is 2.45. The van der Waals surface area contributed by atoms with Gasteiger partial charge in [-0.15, -0.1) is 0 Å². The van der Waals surface area contributed by atoms with Crippen LogP contribution in [0.5, 0.6) is 0 Å². The number of nitrogens with zero attached hydrogens (tertiary/aromatic N) is 1. The van der Waals surface area contributed by atoms with Crippen LogP contribution >= 0.6 is 0 Å². The van der Waals surface area contributed by atoms with Crippen molar-refractivity contribution < 1.29 is 28.6 Å². The number of esters is 2. The molecular formula is C16H27NO6. The molecule has 7 nitrogen and oxygen atoms in total. The van der Waals surface area contributed by atoms with Crippen molar-refractivity contribution in [1.82, 2.24) is 4.90 Å². The van der Waals surface area contributed by atoms with Gasteiger partial charge in [-0.1, -0.05) is 6.92 Å². The van der Waals surface area contributed by atoms with Crippen LogP contribution in [0, 0.1) is 11.8 Å². The number of rotatable bonds is 3. The molecule has 23 heavy (non-hydrogen) atoms. The van der Waals surface area contributed by atoms with E-state index in [1.165, 1.54) is 19.1 Å². The van der Waals surface area contributed by atoms with Crippen LogP contribution in [0.4, 0.5) is 4.79 Å². The molecule has 0 bridgehead atoms. The average Bonchev–Trinajstić information content (AvgIpc) is 2.46. The van der Waals surface area contributed by atoms with E-state index >= 15 is 0 Å². The molecule has 132 valence electrons. The minimum Gasteiger partial charge on any atom is -0.469 e. The van der Waals surface area contributed by atoms with E-state index in [-0.39, 0.29) is 18.3 Å². The molecule has 3 atom stereocenters. The maximum Gasteiger partial charge on any atom is 0.411 e. The molecule has 0 radical (unpaired) electrons. The molecule has 1 saturated heterocycles. The van der Waals surface area contributed by atoms with Gasteiger partial charge in [0, 0.05) is 12.5 Å². The van der Waals surface area contributed by atoms with Crippen LogP contribution in [-0.4, -0.2) is 55.3 Å². The van der Waals surface area contributed by atoms with Gasteiger partial charge in [0.05, 0.1) is 20.6 Å². The van der Waals surface area contributed by atoms with Crippen LogP contribution in [0.3, 0.4) is 0 Å². The molecule has 0 spiro atoms. The number of piperidine rings is 1. The van der Waals surface area contributed by atoms with Crippen LogP contribution in [0.2, 0.25) is 0 Å². The molecule has 0 aromatic heterocycles. The summed E-state index contributed by atoms with van der Waals surface area (Å²) in [5.74, 6) is -1.24. The Hall–Kier alpha value is -1.79. The summed E-state index contributed by atoms with van der Waals surface area (Å²) >= 11 is 0. The number of likely N-dealkylation sites (tertiary alicyclic amines) is 1. The molecule has 1 fully saturated rings. The predicted molar refractivity (Wildman–Crippen MR) is 82.6 cm³/mol. The quantitative estimate of drug-likeness (QED) is 0.582. The summed E-state index contributed by atoms with van der Waals surface area (Å²) in [4.78, 5) is 37.7. The Balaban J connectivity index is 3.06. The van der Waals surface area contributed by atoms with Crippen molar-refractivity contribution in [2.45, 2.75) is 52.2 Å². The summed E-state index contributed by atoms with van der Waals surface area (Å²) in [7, 11) is 2.57. The molecular weight excluding hydrogens is 302 g/mol. The number of carbonyl (C=O) groups is 3. The van der Waals surface area contributed by atoms with Gasteiger partial charge in [0.1, 0.15) is 11.6 Å². The van der Waals surface area contributed by atoms with E-state index in [0.717, 1.165) is 0 Å². The summed E-state index contributed by atoms with van der Waals surface area (Å²) in [6.45, 7) is 7.62. The smallest absolute Gasteiger partial charge is 0.411 e. The second kappa shape index (κ2) is 7.66. The average molecular weight is 329 g/mol. The van der Waals surface area contributed by atoms with Crippen LogP contribution < -0.4 is 0 Å². The third kappa shape index (κ3) is 5.11. The Morgan fingerprint density at radius 3 is 2.22 bits per heavy atom. The first kappa shape index (κ1) is 19.3. The van der Waals surface area contributed by atoms with Gasteiger partial charge >= 0.3 is 18.0 Å². The predicted octanol–water partition coefficient (Wildman–Crippen LogP) is 1.98. The Kier molecular flexibility index (Phi) is 6.41. The van der Waals surface area contributed by atoms with Crippen molar-refractivity contribution in [3.63, 3.8) is 0 Å². The minimum absolute atomic E-state index is 0.0523. The second-order valence-corrected chi connectivity index (χ2v) is 6.85. The molecule has 1 heterocycles. The molecule has 0 N–H and O–H groups in total. The van der Waals surface area contributed by atoms with Crippen molar-refractivity contribution in [2.24, 2.45) is 11.8 Å². The highest BCUT2D eigenvalue weighted by Crippen LogP contribution is 2.33. The standard InChI is InChI=1S/C16H27NO6/c1-10-7-8-17(15(20)23-16(2,3)4)13(14(19)22-6)11(10)9-12(18)21-5/h10-11,13H,7-9H2,1-6H3/t10-,11-,13-/m0/s1. The number of hydrogen-bond acceptors (Lipinski definition) is 6. The lowest BCUT2D eigenvalue weighted by Gasteiger charge is -2.42. The van der Waals surface area contributed by atoms with E-state index in [2.05, 4.69) is 0 Å². The van der Waals surface area contributed by atoms with E-state index in [4.69, 9.17) is 14.2 Å². The van der Waals surface area contributed by atoms with Crippen molar-refractivity contribution in [1.29, 1.82) is 0 Å². The van der Waals surface area contributed by atoms with Gasteiger partial charge in [-0.25, -0.2) is 9.59 Å². The number of ether oxygens (including phenoxy) is 3.